The van der Waals surface area contributed by atoms with Crippen molar-refractivity contribution in [1.82, 2.24) is 15.0 Å². The third kappa shape index (κ3) is 5.84. The number of aryl methyl sites for hydroxylation is 1. The maximum absolute atomic E-state index is 13.6. The van der Waals surface area contributed by atoms with Crippen LogP contribution in [0.4, 0.5) is 36.3 Å². The van der Waals surface area contributed by atoms with Crippen molar-refractivity contribution >= 4 is 39.1 Å². The standard InChI is InChI=1S/C21H20F3N7O3S/c1-11-15(10-35(25,33)34)12(4-5-26-11)8-27-19-16(21(22,23)24)9-28-20(31-19)29-14-2-3-17-13(6-14)7-18(32)30-17/h2-6,9H,7-8,10H2,1H3,(H,30,32)(H2,25,33,34)(H2,27,28,29,31). The molecule has 0 unspecified atom stereocenters. The molecular weight excluding hydrogens is 487 g/mol. The molecule has 0 aliphatic carbocycles. The summed E-state index contributed by atoms with van der Waals surface area (Å²) in [4.78, 5) is 23.3. The van der Waals surface area contributed by atoms with E-state index in [1.54, 1.807) is 25.1 Å². The van der Waals surface area contributed by atoms with Crippen LogP contribution >= 0.6 is 0 Å². The maximum atomic E-state index is 13.6. The highest BCUT2D eigenvalue weighted by Crippen LogP contribution is 2.35. The predicted molar refractivity (Wildman–Crippen MR) is 122 cm³/mol. The average Bonchev–Trinajstić information content (AvgIpc) is 3.12. The van der Waals surface area contributed by atoms with E-state index in [1.807, 2.05) is 0 Å². The molecule has 5 N–H and O–H groups in total. The summed E-state index contributed by atoms with van der Waals surface area (Å²) in [6.07, 6.45) is -2.47. The molecule has 0 bridgehead atoms. The summed E-state index contributed by atoms with van der Waals surface area (Å²) in [5, 5.41) is 13.3. The molecule has 1 aliphatic heterocycles. The molecule has 0 saturated heterocycles. The minimum atomic E-state index is -4.74. The van der Waals surface area contributed by atoms with Crippen molar-refractivity contribution in [3.05, 3.63) is 64.6 Å². The lowest BCUT2D eigenvalue weighted by molar-refractivity contribution is -0.137. The number of nitrogens with zero attached hydrogens (tertiary/aromatic N) is 3. The first-order chi connectivity index (χ1) is 16.4. The molecule has 3 heterocycles. The summed E-state index contributed by atoms with van der Waals surface area (Å²) in [6.45, 7) is 1.41. The quantitative estimate of drug-likeness (QED) is 0.381. The van der Waals surface area contributed by atoms with E-state index in [9.17, 15) is 26.4 Å². The Morgan fingerprint density at radius 2 is 1.97 bits per heavy atom. The number of sulfonamides is 1. The molecule has 3 aromatic rings. The SMILES string of the molecule is Cc1nccc(CNc2nc(Nc3ccc4c(c3)CC(=O)N4)ncc2C(F)(F)F)c1CS(N)(=O)=O. The number of alkyl halides is 3. The molecule has 35 heavy (non-hydrogen) atoms. The van der Waals surface area contributed by atoms with Crippen molar-refractivity contribution in [2.24, 2.45) is 5.14 Å². The van der Waals surface area contributed by atoms with Crippen LogP contribution in [0, 0.1) is 6.92 Å². The number of amides is 1. The number of carbonyl (C=O) groups is 1. The molecule has 1 aromatic carbocycles. The number of pyridine rings is 1. The van der Waals surface area contributed by atoms with Gasteiger partial charge in [-0.25, -0.2) is 18.5 Å². The van der Waals surface area contributed by atoms with E-state index in [4.69, 9.17) is 5.14 Å². The van der Waals surface area contributed by atoms with Crippen LogP contribution in [0.25, 0.3) is 0 Å². The smallest absolute Gasteiger partial charge is 0.365 e. The number of rotatable bonds is 7. The number of halogens is 3. The van der Waals surface area contributed by atoms with Crippen LogP contribution in [0.15, 0.2) is 36.7 Å². The van der Waals surface area contributed by atoms with Gasteiger partial charge < -0.3 is 16.0 Å². The highest BCUT2D eigenvalue weighted by molar-refractivity contribution is 7.88. The number of fused-ring (bicyclic) bond motifs is 1. The Morgan fingerprint density at radius 1 is 1.20 bits per heavy atom. The Morgan fingerprint density at radius 3 is 2.69 bits per heavy atom. The van der Waals surface area contributed by atoms with Gasteiger partial charge >= 0.3 is 6.18 Å². The lowest BCUT2D eigenvalue weighted by Crippen LogP contribution is -2.18. The second-order valence-electron chi connectivity index (χ2n) is 7.87. The molecule has 0 saturated carbocycles. The Hall–Kier alpha value is -3.78. The van der Waals surface area contributed by atoms with Crippen LogP contribution in [-0.2, 0) is 39.7 Å². The lowest BCUT2D eigenvalue weighted by Gasteiger charge is -2.16. The minimum Gasteiger partial charge on any atom is -0.365 e. The zero-order valence-corrected chi connectivity index (χ0v) is 19.1. The topological polar surface area (TPSA) is 152 Å². The maximum Gasteiger partial charge on any atom is 0.421 e. The number of anilines is 4. The normalized spacial score (nSPS) is 13.3. The number of hydrogen-bond acceptors (Lipinski definition) is 8. The molecule has 0 fully saturated rings. The molecule has 0 atom stereocenters. The van der Waals surface area contributed by atoms with Gasteiger partial charge in [-0.3, -0.25) is 9.78 Å². The lowest BCUT2D eigenvalue weighted by atomic mass is 10.1. The largest absolute Gasteiger partial charge is 0.421 e. The van der Waals surface area contributed by atoms with Gasteiger partial charge in [-0.2, -0.15) is 18.2 Å². The summed E-state index contributed by atoms with van der Waals surface area (Å²) >= 11 is 0. The van der Waals surface area contributed by atoms with Crippen molar-refractivity contribution in [2.45, 2.75) is 31.8 Å². The van der Waals surface area contributed by atoms with Crippen molar-refractivity contribution in [2.75, 3.05) is 16.0 Å². The van der Waals surface area contributed by atoms with Gasteiger partial charge in [-0.15, -0.1) is 0 Å². The van der Waals surface area contributed by atoms with E-state index >= 15 is 0 Å². The molecular formula is C21H20F3N7O3S. The molecule has 0 spiro atoms. The van der Waals surface area contributed by atoms with Crippen molar-refractivity contribution in [3.8, 4) is 0 Å². The second-order valence-corrected chi connectivity index (χ2v) is 9.48. The van der Waals surface area contributed by atoms with Gasteiger partial charge in [0.05, 0.1) is 12.2 Å². The number of nitrogens with two attached hydrogens (primary N) is 1. The molecule has 14 heteroatoms. The summed E-state index contributed by atoms with van der Waals surface area (Å²) in [5.74, 6) is -1.26. The van der Waals surface area contributed by atoms with E-state index in [0.717, 1.165) is 5.56 Å². The Balaban J connectivity index is 1.61. The van der Waals surface area contributed by atoms with E-state index in [0.29, 0.717) is 34.4 Å². The Bertz CT molecular complexity index is 1410. The van der Waals surface area contributed by atoms with E-state index < -0.39 is 33.3 Å². The number of primary sulfonamides is 1. The summed E-state index contributed by atoms with van der Waals surface area (Å²) in [6, 6.07) is 6.48. The number of hydrogen-bond donors (Lipinski definition) is 4. The average molecular weight is 507 g/mol. The minimum absolute atomic E-state index is 0.103. The number of aromatic nitrogens is 3. The van der Waals surface area contributed by atoms with Gasteiger partial charge in [-0.1, -0.05) is 0 Å². The zero-order chi connectivity index (χ0) is 25.4. The number of carbonyl (C=O) groups excluding carboxylic acids is 1. The first-order valence-corrected chi connectivity index (χ1v) is 11.9. The van der Waals surface area contributed by atoms with Gasteiger partial charge in [0.15, 0.2) is 0 Å². The molecule has 2 aromatic heterocycles. The van der Waals surface area contributed by atoms with Gasteiger partial charge in [-0.05, 0) is 47.9 Å². The number of nitrogens with one attached hydrogen (secondary N) is 3. The second kappa shape index (κ2) is 9.11. The molecule has 10 nitrogen and oxygen atoms in total. The van der Waals surface area contributed by atoms with Crippen LogP contribution in [0.1, 0.15) is 27.9 Å². The molecule has 0 radical (unpaired) electrons. The van der Waals surface area contributed by atoms with E-state index in [-0.39, 0.29) is 24.8 Å². The fourth-order valence-electron chi connectivity index (χ4n) is 3.61. The highest BCUT2D eigenvalue weighted by atomic mass is 32.2. The zero-order valence-electron chi connectivity index (χ0n) is 18.3. The van der Waals surface area contributed by atoms with Crippen molar-refractivity contribution in [3.63, 3.8) is 0 Å². The van der Waals surface area contributed by atoms with Crippen molar-refractivity contribution in [1.29, 1.82) is 0 Å². The molecule has 1 aliphatic rings. The number of benzene rings is 1. The third-order valence-corrected chi connectivity index (χ3v) is 5.93. The van der Waals surface area contributed by atoms with Gasteiger partial charge in [0, 0.05) is 36.0 Å². The monoisotopic (exact) mass is 507 g/mol. The van der Waals surface area contributed by atoms with Crippen LogP contribution in [0.2, 0.25) is 0 Å². The van der Waals surface area contributed by atoms with Crippen molar-refractivity contribution < 1.29 is 26.4 Å². The first-order valence-electron chi connectivity index (χ1n) is 10.2. The fourth-order valence-corrected chi connectivity index (χ4v) is 4.41. The summed E-state index contributed by atoms with van der Waals surface area (Å²) in [5.41, 5.74) is 1.90. The van der Waals surface area contributed by atoms with Gasteiger partial charge in [0.25, 0.3) is 0 Å². The van der Waals surface area contributed by atoms with E-state index in [2.05, 4.69) is 30.9 Å². The van der Waals surface area contributed by atoms with Crippen LogP contribution in [0.5, 0.6) is 0 Å². The van der Waals surface area contributed by atoms with Gasteiger partial charge in [0.1, 0.15) is 11.4 Å². The predicted octanol–water partition coefficient (Wildman–Crippen LogP) is 2.84. The molecule has 4 rings (SSSR count). The summed E-state index contributed by atoms with van der Waals surface area (Å²) < 4.78 is 64.0. The summed E-state index contributed by atoms with van der Waals surface area (Å²) in [7, 11) is -3.89. The highest BCUT2D eigenvalue weighted by Gasteiger charge is 2.35. The van der Waals surface area contributed by atoms with Crippen LogP contribution in [-0.4, -0.2) is 29.3 Å². The first kappa shape index (κ1) is 24.3. The Labute approximate surface area is 198 Å². The van der Waals surface area contributed by atoms with E-state index in [1.165, 1.54) is 12.3 Å². The Kier molecular flexibility index (Phi) is 6.34. The fraction of sp³-hybridized carbons (Fsp3) is 0.238. The van der Waals surface area contributed by atoms with Crippen LogP contribution in [0.3, 0.4) is 0 Å². The van der Waals surface area contributed by atoms with Gasteiger partial charge in [0.2, 0.25) is 21.9 Å². The molecule has 1 amide bonds. The molecule has 184 valence electrons. The third-order valence-electron chi connectivity index (χ3n) is 5.24. The van der Waals surface area contributed by atoms with Crippen LogP contribution < -0.4 is 21.1 Å².